The zero-order valence-electron chi connectivity index (χ0n) is 10.5. The van der Waals surface area contributed by atoms with Gasteiger partial charge in [-0.1, -0.05) is 12.1 Å². The van der Waals surface area contributed by atoms with Crippen LogP contribution in [0.5, 0.6) is 0 Å². The van der Waals surface area contributed by atoms with E-state index in [2.05, 4.69) is 12.1 Å². The summed E-state index contributed by atoms with van der Waals surface area (Å²) in [6.07, 6.45) is 2.14. The quantitative estimate of drug-likeness (QED) is 0.820. The number of ether oxygens (including phenoxy) is 2. The molecule has 18 heavy (non-hydrogen) atoms. The molecule has 0 unspecified atom stereocenters. The molecule has 1 aromatic carbocycles. The van der Waals surface area contributed by atoms with Crippen molar-refractivity contribution in [2.45, 2.75) is 24.9 Å². The van der Waals surface area contributed by atoms with Crippen LogP contribution in [-0.4, -0.2) is 32.5 Å². The summed E-state index contributed by atoms with van der Waals surface area (Å²) in [5.41, 5.74) is 2.28. The van der Waals surface area contributed by atoms with Crippen LogP contribution in [0.3, 0.4) is 0 Å². The van der Waals surface area contributed by atoms with E-state index in [1.54, 1.807) is 12.0 Å². The number of hydrogen-bond acceptors (Lipinski definition) is 3. The predicted molar refractivity (Wildman–Crippen MR) is 67.9 cm³/mol. The maximum absolute atomic E-state index is 11.7. The molecule has 0 aromatic heterocycles. The molecule has 4 nitrogen and oxygen atoms in total. The zero-order valence-corrected chi connectivity index (χ0v) is 10.5. The second-order valence-corrected chi connectivity index (χ2v) is 4.94. The van der Waals surface area contributed by atoms with Crippen LogP contribution in [-0.2, 0) is 9.47 Å². The van der Waals surface area contributed by atoms with Crippen LogP contribution < -0.4 is 4.90 Å². The molecule has 1 saturated heterocycles. The first-order valence-electron chi connectivity index (χ1n) is 6.35. The van der Waals surface area contributed by atoms with Gasteiger partial charge in [-0.25, -0.2) is 4.79 Å². The van der Waals surface area contributed by atoms with Gasteiger partial charge in [0.15, 0.2) is 0 Å². The van der Waals surface area contributed by atoms with E-state index in [0.29, 0.717) is 13.2 Å². The molecule has 1 aliphatic carbocycles. The van der Waals surface area contributed by atoms with Gasteiger partial charge < -0.3 is 9.47 Å². The van der Waals surface area contributed by atoms with Crippen LogP contribution in [0.4, 0.5) is 10.5 Å². The highest BCUT2D eigenvalue weighted by Crippen LogP contribution is 2.40. The van der Waals surface area contributed by atoms with Gasteiger partial charge in [0, 0.05) is 12.8 Å². The van der Waals surface area contributed by atoms with E-state index >= 15 is 0 Å². The van der Waals surface area contributed by atoms with Crippen molar-refractivity contribution in [1.82, 2.24) is 0 Å². The Kier molecular flexibility index (Phi) is 2.96. The zero-order chi connectivity index (χ0) is 12.5. The number of rotatable bonds is 4. The maximum atomic E-state index is 11.7. The highest BCUT2D eigenvalue weighted by molar-refractivity contribution is 5.89. The molecule has 1 saturated carbocycles. The Bertz CT molecular complexity index is 439. The fourth-order valence-corrected chi connectivity index (χ4v) is 2.35. The maximum Gasteiger partial charge on any atom is 0.414 e. The number of amides is 1. The fraction of sp³-hybridized carbons (Fsp3) is 0.500. The molecular formula is C14H17NO3. The minimum absolute atomic E-state index is 0.161. The molecular weight excluding hydrogens is 230 g/mol. The summed E-state index contributed by atoms with van der Waals surface area (Å²) in [6.45, 7) is 1.01. The van der Waals surface area contributed by atoms with E-state index in [9.17, 15) is 4.79 Å². The van der Waals surface area contributed by atoms with E-state index in [4.69, 9.17) is 9.47 Å². The number of methoxy groups -OCH3 is 1. The third-order valence-electron chi connectivity index (χ3n) is 3.48. The Morgan fingerprint density at radius 1 is 1.33 bits per heavy atom. The van der Waals surface area contributed by atoms with E-state index in [0.717, 1.165) is 11.6 Å². The largest absolute Gasteiger partial charge is 0.441 e. The van der Waals surface area contributed by atoms with E-state index in [1.165, 1.54) is 18.4 Å². The Morgan fingerprint density at radius 3 is 2.67 bits per heavy atom. The first kappa shape index (κ1) is 11.5. The number of anilines is 1. The summed E-state index contributed by atoms with van der Waals surface area (Å²) in [4.78, 5) is 13.4. The lowest BCUT2D eigenvalue weighted by Gasteiger charge is -2.13. The molecule has 1 heterocycles. The van der Waals surface area contributed by atoms with Crippen LogP contribution in [0.15, 0.2) is 24.3 Å². The second-order valence-electron chi connectivity index (χ2n) is 4.94. The number of benzene rings is 1. The van der Waals surface area contributed by atoms with Gasteiger partial charge >= 0.3 is 6.09 Å². The molecule has 1 atom stereocenters. The summed E-state index contributed by atoms with van der Waals surface area (Å²) >= 11 is 0. The molecule has 1 aromatic rings. The Labute approximate surface area is 106 Å². The van der Waals surface area contributed by atoms with Gasteiger partial charge in [-0.3, -0.25) is 4.90 Å². The Morgan fingerprint density at radius 2 is 2.06 bits per heavy atom. The highest BCUT2D eigenvalue weighted by atomic mass is 16.6. The molecule has 2 fully saturated rings. The molecule has 4 heteroatoms. The average molecular weight is 247 g/mol. The van der Waals surface area contributed by atoms with Crippen LogP contribution in [0, 0.1) is 0 Å². The second kappa shape index (κ2) is 4.61. The smallest absolute Gasteiger partial charge is 0.414 e. The van der Waals surface area contributed by atoms with Gasteiger partial charge in [0.2, 0.25) is 0 Å². The predicted octanol–water partition coefficient (Wildman–Crippen LogP) is 2.54. The van der Waals surface area contributed by atoms with Crippen LogP contribution in [0.2, 0.25) is 0 Å². The van der Waals surface area contributed by atoms with E-state index < -0.39 is 0 Å². The molecule has 1 aliphatic heterocycles. The van der Waals surface area contributed by atoms with Crippen LogP contribution >= 0.6 is 0 Å². The topological polar surface area (TPSA) is 38.8 Å². The van der Waals surface area contributed by atoms with Crippen molar-refractivity contribution in [3.8, 4) is 0 Å². The van der Waals surface area contributed by atoms with Gasteiger partial charge in [0.25, 0.3) is 0 Å². The molecule has 2 aliphatic rings. The lowest BCUT2D eigenvalue weighted by atomic mass is 10.1. The third kappa shape index (κ3) is 2.20. The Hall–Kier alpha value is -1.55. The summed E-state index contributed by atoms with van der Waals surface area (Å²) in [6, 6.07) is 8.24. The van der Waals surface area contributed by atoms with Gasteiger partial charge in [-0.2, -0.15) is 0 Å². The standard InChI is InChI=1S/C14H17NO3/c1-17-9-13-8-15(14(16)18-13)12-6-4-11(5-7-12)10-2-3-10/h4-7,10,13H,2-3,8-9H2,1H3/t13-/m0/s1. The van der Waals surface area contributed by atoms with Crippen molar-refractivity contribution < 1.29 is 14.3 Å². The highest BCUT2D eigenvalue weighted by Gasteiger charge is 2.32. The third-order valence-corrected chi connectivity index (χ3v) is 3.48. The lowest BCUT2D eigenvalue weighted by molar-refractivity contribution is 0.0718. The molecule has 0 spiro atoms. The summed E-state index contributed by atoms with van der Waals surface area (Å²) in [7, 11) is 1.61. The SMILES string of the molecule is COC[C@@H]1CN(c2ccc(C3CC3)cc2)C(=O)O1. The molecule has 0 N–H and O–H groups in total. The minimum Gasteiger partial charge on any atom is -0.441 e. The number of carbonyl (C=O) groups is 1. The Balaban J connectivity index is 1.71. The monoisotopic (exact) mass is 247 g/mol. The van der Waals surface area contributed by atoms with Crippen molar-refractivity contribution in [3.05, 3.63) is 29.8 Å². The summed E-state index contributed by atoms with van der Waals surface area (Å²) in [5, 5.41) is 0. The molecule has 0 bridgehead atoms. The first-order valence-corrected chi connectivity index (χ1v) is 6.35. The van der Waals surface area contributed by atoms with Crippen LogP contribution in [0.25, 0.3) is 0 Å². The summed E-state index contributed by atoms with van der Waals surface area (Å²) < 4.78 is 10.2. The van der Waals surface area contributed by atoms with Crippen molar-refractivity contribution in [2.24, 2.45) is 0 Å². The molecule has 0 radical (unpaired) electrons. The van der Waals surface area contributed by atoms with Gasteiger partial charge in [0.05, 0.1) is 13.2 Å². The van der Waals surface area contributed by atoms with Gasteiger partial charge in [-0.05, 0) is 36.5 Å². The van der Waals surface area contributed by atoms with Gasteiger partial charge in [0.1, 0.15) is 6.10 Å². The van der Waals surface area contributed by atoms with Gasteiger partial charge in [-0.15, -0.1) is 0 Å². The molecule has 1 amide bonds. The summed E-state index contributed by atoms with van der Waals surface area (Å²) in [5.74, 6) is 0.741. The first-order chi connectivity index (χ1) is 8.78. The van der Waals surface area contributed by atoms with Crippen LogP contribution in [0.1, 0.15) is 24.3 Å². The molecule has 96 valence electrons. The normalized spacial score (nSPS) is 23.3. The van der Waals surface area contributed by atoms with E-state index in [1.807, 2.05) is 12.1 Å². The number of hydrogen-bond donors (Lipinski definition) is 0. The minimum atomic E-state index is -0.281. The number of carbonyl (C=O) groups excluding carboxylic acids is 1. The van der Waals surface area contributed by atoms with E-state index in [-0.39, 0.29) is 12.2 Å². The number of cyclic esters (lactones) is 1. The number of nitrogens with zero attached hydrogens (tertiary/aromatic N) is 1. The van der Waals surface area contributed by atoms with Crippen molar-refractivity contribution in [2.75, 3.05) is 25.2 Å². The fourth-order valence-electron chi connectivity index (χ4n) is 2.35. The van der Waals surface area contributed by atoms with Crippen molar-refractivity contribution in [1.29, 1.82) is 0 Å². The molecule has 3 rings (SSSR count). The lowest BCUT2D eigenvalue weighted by Crippen LogP contribution is -2.25. The van der Waals surface area contributed by atoms with Crippen molar-refractivity contribution in [3.63, 3.8) is 0 Å². The van der Waals surface area contributed by atoms with Crippen molar-refractivity contribution >= 4 is 11.8 Å². The average Bonchev–Trinajstić information content (AvgIpc) is 3.15.